The molecule has 0 unspecified atom stereocenters. The molecule has 0 radical (unpaired) electrons. The number of carbonyl (C=O) groups excluding carboxylic acids is 6. The van der Waals surface area contributed by atoms with Crippen molar-refractivity contribution in [2.24, 2.45) is 0 Å². The van der Waals surface area contributed by atoms with Gasteiger partial charge in [0, 0.05) is 64.2 Å². The largest absolute Gasteiger partial charge is 0.508 e. The van der Waals surface area contributed by atoms with Crippen LogP contribution in [0.2, 0.25) is 0 Å². The Labute approximate surface area is 747 Å². The standard InChI is InChI=1S/C13H12F4O3.C13H14F2O2.C13H16O3.C13H14O3.C12H10F4O3.C12H12F2O3.C12H14O3.C9H10O2/c1-19-10(18)12(6-13(16,17)7-12)8-2-4-9(5-3-8)20-11(14)15;1-9-3-5-10(6-4-9)12(11(16)17-2)7-13(14,15)8-12;2*1-9-3-5-10(6-4-9)13(12(15)16-2)7-11(14)8-13;13-10(14)19-8-3-1-7(2-4-8)11(9(17)18)5-12(15,16)6-11;1-17-10(16)11(6-12(13,14)7-11)8-2-4-9(15)5-3-8;1-8-2-4-9(5-3-8)12(11(14)15)6-10(13)7-12;1-7-2-4-8(5-3-7)6-9(10)11/h2-5,11H,6-7H2,1H3;3-6H,7-8H2,1-2H3;3-6,11,14H,7-8H2,1-2H3;3-6H,7-8H2,1-2H3;1-4,10H,5-6H2,(H,17,18);2-5,15H,6-7H2,1H3;2-5,10,13H,6-7H2,1H3,(H,14,15);2-5H,6H2,1H3,(H,10,11). The maximum atomic E-state index is 13.1. The Kier molecular flexibility index (Phi) is 33.6. The molecule has 7 aliphatic carbocycles. The van der Waals surface area contributed by atoms with Crippen molar-refractivity contribution in [3.05, 3.63) is 266 Å². The molecule has 0 amide bonds. The van der Waals surface area contributed by atoms with Gasteiger partial charge in [0.15, 0.2) is 0 Å². The monoisotopic (exact) mass is 1850 g/mol. The van der Waals surface area contributed by atoms with E-state index in [0.29, 0.717) is 42.4 Å². The van der Waals surface area contributed by atoms with E-state index in [1.54, 1.807) is 12.1 Å². The topological polar surface area (TPSA) is 340 Å². The van der Waals surface area contributed by atoms with Gasteiger partial charge in [-0.3, -0.25) is 43.2 Å². The van der Waals surface area contributed by atoms with Crippen molar-refractivity contribution >= 4 is 53.5 Å². The lowest BCUT2D eigenvalue weighted by atomic mass is 9.62. The third-order valence-electron chi connectivity index (χ3n) is 24.1. The Hall–Kier alpha value is -12.3. The number of carboxylic acids is 3. The predicted octanol–water partition coefficient (Wildman–Crippen LogP) is 17.7. The molecule has 34 heteroatoms. The predicted molar refractivity (Wildman–Crippen MR) is 450 cm³/mol. The van der Waals surface area contributed by atoms with Crippen LogP contribution in [-0.2, 0) is 111 Å². The summed E-state index contributed by atoms with van der Waals surface area (Å²) in [5.74, 6) is -17.1. The van der Waals surface area contributed by atoms with Crippen LogP contribution in [0, 0.1) is 34.6 Å². The number of rotatable bonds is 20. The van der Waals surface area contributed by atoms with E-state index in [9.17, 15) is 111 Å². The summed E-state index contributed by atoms with van der Waals surface area (Å²) >= 11 is 0. The van der Waals surface area contributed by atoms with Gasteiger partial charge in [0.1, 0.15) is 50.1 Å². The second kappa shape index (κ2) is 42.3. The lowest BCUT2D eigenvalue weighted by molar-refractivity contribution is -0.177. The highest BCUT2D eigenvalue weighted by Crippen LogP contribution is 2.58. The first-order chi connectivity index (χ1) is 61.2. The van der Waals surface area contributed by atoms with Crippen molar-refractivity contribution in [1.29, 1.82) is 0 Å². The van der Waals surface area contributed by atoms with E-state index in [0.717, 1.165) is 69.3 Å². The highest BCUT2D eigenvalue weighted by molar-refractivity contribution is 6.02. The van der Waals surface area contributed by atoms with Crippen LogP contribution >= 0.6 is 0 Å². The third-order valence-corrected chi connectivity index (χ3v) is 24.1. The fourth-order valence-electron chi connectivity index (χ4n) is 16.9. The van der Waals surface area contributed by atoms with E-state index in [2.05, 4.69) is 23.7 Å². The highest BCUT2D eigenvalue weighted by atomic mass is 19.3. The summed E-state index contributed by atoms with van der Waals surface area (Å²) in [6.45, 7) is 3.88. The minimum absolute atomic E-state index is 0.0276. The molecule has 22 nitrogen and oxygen atoms in total. The van der Waals surface area contributed by atoms with Crippen molar-refractivity contribution in [2.45, 2.75) is 218 Å². The molecule has 0 heterocycles. The zero-order valence-corrected chi connectivity index (χ0v) is 73.1. The lowest BCUT2D eigenvalue weighted by Gasteiger charge is -2.45. The number of aryl methyl sites for hydroxylation is 5. The number of phenols is 1. The van der Waals surface area contributed by atoms with Crippen molar-refractivity contribution in [1.82, 2.24) is 0 Å². The summed E-state index contributed by atoms with van der Waals surface area (Å²) in [7, 11) is 6.29. The zero-order valence-electron chi connectivity index (χ0n) is 73.1. The Balaban J connectivity index is 0.000000185. The first-order valence-corrected chi connectivity index (χ1v) is 41.0. The first-order valence-electron chi connectivity index (χ1n) is 41.0. The number of ketones is 1. The number of ether oxygens (including phenoxy) is 7. The second-order valence-corrected chi connectivity index (χ2v) is 33.9. The quantitative estimate of drug-likeness (QED) is 0.0234. The van der Waals surface area contributed by atoms with Crippen LogP contribution in [0.15, 0.2) is 194 Å². The molecule has 0 atom stereocenters. The van der Waals surface area contributed by atoms with Crippen LogP contribution in [0.1, 0.15) is 162 Å². The number of aliphatic carboxylic acids is 3. The van der Waals surface area contributed by atoms with Crippen molar-refractivity contribution in [2.75, 3.05) is 35.5 Å². The van der Waals surface area contributed by atoms with Crippen LogP contribution in [-0.4, -0.2) is 169 Å². The van der Waals surface area contributed by atoms with Crippen molar-refractivity contribution in [3.63, 3.8) is 0 Å². The molecule has 15 rings (SSSR count). The molecule has 7 aliphatic rings. The van der Waals surface area contributed by atoms with E-state index in [1.807, 2.05) is 144 Å². The summed E-state index contributed by atoms with van der Waals surface area (Å²) < 4.78 is 184. The SMILES string of the molecule is COC(=O)C1(c2ccc(C)cc2)CC(=O)C1.COC(=O)C1(c2ccc(C)cc2)CC(F)(F)C1.COC(=O)C1(c2ccc(C)cc2)CC(O)C1.COC(=O)C1(c2ccc(O)cc2)CC(F)(F)C1.COC(=O)C1(c2ccc(OC(F)F)cc2)CC(F)(F)C1.Cc1ccc(C2(C(=O)O)CC(O)C2)cc1.Cc1ccc(CC(=O)O)cc1.O=C(O)C1(c2ccc(OC(F)F)cc2)CC(F)(F)C1. The molecule has 8 aromatic rings. The smallest absolute Gasteiger partial charge is 0.387 e. The van der Waals surface area contributed by atoms with Crippen LogP contribution in [0.25, 0.3) is 0 Å². The number of halogens is 12. The maximum Gasteiger partial charge on any atom is 0.387 e. The summed E-state index contributed by atoms with van der Waals surface area (Å²) in [4.78, 5) is 103. The number of hydrogen-bond donors (Lipinski definition) is 6. The van der Waals surface area contributed by atoms with Gasteiger partial charge in [-0.05, 0) is 141 Å². The number of alkyl halides is 12. The molecule has 0 saturated heterocycles. The molecule has 0 aliphatic heterocycles. The molecule has 7 saturated carbocycles. The number of aliphatic hydroxyl groups excluding tert-OH is 2. The summed E-state index contributed by atoms with van der Waals surface area (Å²) in [5.41, 5.74) is 2.88. The van der Waals surface area contributed by atoms with E-state index in [4.69, 9.17) is 24.8 Å². The third kappa shape index (κ3) is 24.9. The molecule has 131 heavy (non-hydrogen) atoms. The van der Waals surface area contributed by atoms with Crippen LogP contribution < -0.4 is 9.47 Å². The Bertz CT molecular complexity index is 5150. The minimum atomic E-state index is -3.00. The molecule has 706 valence electrons. The van der Waals surface area contributed by atoms with Crippen molar-refractivity contribution in [3.8, 4) is 17.2 Å². The first kappa shape index (κ1) is 104. The van der Waals surface area contributed by atoms with Gasteiger partial charge in [-0.15, -0.1) is 0 Å². The number of phenolic OH excluding ortho intramolecular Hbond substituents is 1. The fraction of sp³-hybridized carbons (Fsp3) is 0.412. The average molecular weight is 1850 g/mol. The van der Waals surface area contributed by atoms with E-state index in [-0.39, 0.29) is 65.9 Å². The molecule has 7 fully saturated rings. The van der Waals surface area contributed by atoms with Gasteiger partial charge in [0.25, 0.3) is 23.7 Å². The number of aromatic hydroxyl groups is 1. The van der Waals surface area contributed by atoms with Gasteiger partial charge in [0.05, 0.1) is 65.0 Å². The van der Waals surface area contributed by atoms with Gasteiger partial charge in [0.2, 0.25) is 0 Å². The Morgan fingerprint density at radius 1 is 0.321 bits per heavy atom. The number of hydrogen-bond acceptors (Lipinski definition) is 19. The molecular weight excluding hydrogens is 1750 g/mol. The number of methoxy groups -OCH3 is 5. The molecule has 8 aromatic carbocycles. The van der Waals surface area contributed by atoms with Gasteiger partial charge in [-0.1, -0.05) is 186 Å². The van der Waals surface area contributed by atoms with Gasteiger partial charge in [-0.25, -0.2) is 35.1 Å². The molecule has 6 N–H and O–H groups in total. The number of esters is 5. The number of Topliss-reactive ketones (excluding diaryl/α,β-unsaturated/α-hetero) is 1. The molecule has 0 aromatic heterocycles. The average Bonchev–Trinajstić information content (AvgIpc) is 0.729. The van der Waals surface area contributed by atoms with Gasteiger partial charge in [-0.2, -0.15) is 17.6 Å². The van der Waals surface area contributed by atoms with Gasteiger partial charge < -0.3 is 63.8 Å². The number of aliphatic hydroxyl groups is 2. The zero-order chi connectivity index (χ0) is 97.4. The summed E-state index contributed by atoms with van der Waals surface area (Å²) in [6.07, 6.45) is -3.53. The van der Waals surface area contributed by atoms with Crippen LogP contribution in [0.5, 0.6) is 17.2 Å². The van der Waals surface area contributed by atoms with Crippen LogP contribution in [0.4, 0.5) is 52.7 Å². The van der Waals surface area contributed by atoms with Crippen molar-refractivity contribution < 1.29 is 160 Å². The normalized spacial score (nSPS) is 20.9. The fourth-order valence-corrected chi connectivity index (χ4v) is 16.9. The molecule has 0 spiro atoms. The Morgan fingerprint density at radius 2 is 0.534 bits per heavy atom. The Morgan fingerprint density at radius 3 is 0.779 bits per heavy atom. The van der Waals surface area contributed by atoms with E-state index >= 15 is 0 Å². The number of benzene rings is 8. The summed E-state index contributed by atoms with van der Waals surface area (Å²) in [5, 5.41) is 54.6. The van der Waals surface area contributed by atoms with Gasteiger partial charge >= 0.3 is 61.0 Å². The maximum absolute atomic E-state index is 13.1. The minimum Gasteiger partial charge on any atom is -0.508 e. The molecular formula is C97H102F12O22. The van der Waals surface area contributed by atoms with E-state index in [1.165, 1.54) is 89.1 Å². The summed E-state index contributed by atoms with van der Waals surface area (Å²) in [6, 6.07) is 53.1. The second-order valence-electron chi connectivity index (χ2n) is 33.9. The van der Waals surface area contributed by atoms with Crippen LogP contribution in [0.3, 0.4) is 0 Å². The number of carbonyl (C=O) groups is 9. The highest BCUT2D eigenvalue weighted by Gasteiger charge is 2.66. The number of carboxylic acid groups (broad SMARTS) is 3. The van der Waals surface area contributed by atoms with E-state index < -0.39 is 168 Å². The molecule has 0 bridgehead atoms. The lowest BCUT2D eigenvalue weighted by Crippen LogP contribution is -2.54.